The molecule has 1 aliphatic rings. The van der Waals surface area contributed by atoms with Crippen molar-refractivity contribution in [1.29, 1.82) is 0 Å². The quantitative estimate of drug-likeness (QED) is 0.197. The lowest BCUT2D eigenvalue weighted by molar-refractivity contribution is -0.144. The van der Waals surface area contributed by atoms with Gasteiger partial charge in [-0.15, -0.1) is 0 Å². The van der Waals surface area contributed by atoms with E-state index in [2.05, 4.69) is 5.32 Å². The van der Waals surface area contributed by atoms with Gasteiger partial charge in [-0.25, -0.2) is 4.39 Å². The van der Waals surface area contributed by atoms with Crippen molar-refractivity contribution in [2.24, 2.45) is 11.7 Å². The number of halogens is 4. The number of rotatable bonds is 12. The predicted octanol–water partition coefficient (Wildman–Crippen LogP) is 4.51. The molecule has 1 aromatic heterocycles. The summed E-state index contributed by atoms with van der Waals surface area (Å²) in [6, 6.07) is 0.920. The molecule has 14 heteroatoms. The first-order valence-corrected chi connectivity index (χ1v) is 15.4. The van der Waals surface area contributed by atoms with Crippen LogP contribution in [-0.4, -0.2) is 47.9 Å². The van der Waals surface area contributed by atoms with Gasteiger partial charge in [-0.1, -0.05) is 26.0 Å². The van der Waals surface area contributed by atoms with Crippen LogP contribution in [0.4, 0.5) is 17.6 Å². The lowest BCUT2D eigenvalue weighted by atomic mass is 9.76. The number of aryl methyl sites for hydroxylation is 1. The Morgan fingerprint density at radius 2 is 1.72 bits per heavy atom. The van der Waals surface area contributed by atoms with Crippen LogP contribution in [0.5, 0.6) is 0 Å². The molecule has 0 aliphatic carbocycles. The van der Waals surface area contributed by atoms with E-state index in [1.54, 1.807) is 26.8 Å². The van der Waals surface area contributed by atoms with Crippen molar-refractivity contribution >= 4 is 24.5 Å². The van der Waals surface area contributed by atoms with Crippen LogP contribution in [0.3, 0.4) is 0 Å². The second-order valence-electron chi connectivity index (χ2n) is 13.0. The molecule has 9 nitrogen and oxygen atoms in total. The van der Waals surface area contributed by atoms with Crippen molar-refractivity contribution in [3.8, 4) is 0 Å². The number of aromatic nitrogens is 1. The third kappa shape index (κ3) is 8.37. The van der Waals surface area contributed by atoms with Gasteiger partial charge in [-0.3, -0.25) is 14.4 Å². The average molecular weight is 654 g/mol. The Hall–Kier alpha value is -3.23. The zero-order chi connectivity index (χ0) is 34.8. The van der Waals surface area contributed by atoms with Crippen LogP contribution in [0.2, 0.25) is 0 Å². The number of nitrogens with two attached hydrogens (primary N) is 1. The number of nitrogens with zero attached hydrogens (tertiary/aromatic N) is 1. The summed E-state index contributed by atoms with van der Waals surface area (Å²) in [5.74, 6) is -2.38. The number of carbonyl (C=O) groups excluding carboxylic acids is 2. The number of alkyl halides is 3. The second kappa shape index (κ2) is 14.3. The van der Waals surface area contributed by atoms with E-state index in [0.29, 0.717) is 11.5 Å². The lowest BCUT2D eigenvalue weighted by Gasteiger charge is -2.32. The minimum absolute atomic E-state index is 0.0375. The molecular weight excluding hydrogens is 609 g/mol. The molecule has 2 unspecified atom stereocenters. The molecule has 0 saturated carbocycles. The molecule has 2 atom stereocenters. The van der Waals surface area contributed by atoms with Gasteiger partial charge in [0.1, 0.15) is 11.9 Å². The van der Waals surface area contributed by atoms with E-state index < -0.39 is 71.8 Å². The number of carbonyl (C=O) groups is 2. The van der Waals surface area contributed by atoms with Crippen molar-refractivity contribution in [2.45, 2.75) is 104 Å². The zero-order valence-electron chi connectivity index (χ0n) is 27.6. The fourth-order valence-electron chi connectivity index (χ4n) is 5.34. The molecule has 0 bridgehead atoms. The van der Waals surface area contributed by atoms with Gasteiger partial charge in [-0.05, 0) is 83.4 Å². The summed E-state index contributed by atoms with van der Waals surface area (Å²) in [5, 5.41) is 2.70. The first kappa shape index (κ1) is 37.2. The first-order valence-electron chi connectivity index (χ1n) is 15.4. The highest BCUT2D eigenvalue weighted by molar-refractivity contribution is 6.62. The zero-order valence-corrected chi connectivity index (χ0v) is 27.6. The van der Waals surface area contributed by atoms with E-state index in [9.17, 15) is 27.6 Å². The molecule has 1 amide bonds. The maximum absolute atomic E-state index is 15.8. The van der Waals surface area contributed by atoms with E-state index in [1.165, 1.54) is 13.0 Å². The number of benzene rings is 1. The van der Waals surface area contributed by atoms with Crippen molar-refractivity contribution in [3.63, 3.8) is 0 Å². The van der Waals surface area contributed by atoms with E-state index in [0.717, 1.165) is 10.8 Å². The van der Waals surface area contributed by atoms with Crippen LogP contribution in [-0.2, 0) is 36.2 Å². The number of pyridine rings is 1. The van der Waals surface area contributed by atoms with Gasteiger partial charge >= 0.3 is 19.3 Å². The van der Waals surface area contributed by atoms with Crippen molar-refractivity contribution in [1.82, 2.24) is 9.88 Å². The van der Waals surface area contributed by atoms with Crippen molar-refractivity contribution in [3.05, 3.63) is 62.8 Å². The van der Waals surface area contributed by atoms with Gasteiger partial charge in [-0.2, -0.15) is 13.2 Å². The molecule has 1 saturated heterocycles. The van der Waals surface area contributed by atoms with Crippen molar-refractivity contribution in [2.75, 3.05) is 13.2 Å². The Balaban J connectivity index is 2.11. The number of ether oxygens (including phenoxy) is 1. The van der Waals surface area contributed by atoms with Crippen LogP contribution in [0.25, 0.3) is 0 Å². The van der Waals surface area contributed by atoms with Gasteiger partial charge in [0, 0.05) is 17.8 Å². The topological polar surface area (TPSA) is 122 Å². The van der Waals surface area contributed by atoms with Gasteiger partial charge in [0.15, 0.2) is 0 Å². The van der Waals surface area contributed by atoms with Gasteiger partial charge in [0.25, 0.3) is 5.56 Å². The Bertz CT molecular complexity index is 1480. The van der Waals surface area contributed by atoms with Crippen molar-refractivity contribution < 1.29 is 41.2 Å². The largest absolute Gasteiger partial charge is 0.494 e. The summed E-state index contributed by atoms with van der Waals surface area (Å²) in [6.07, 6.45) is -4.39. The fourth-order valence-corrected chi connectivity index (χ4v) is 5.34. The van der Waals surface area contributed by atoms with E-state index >= 15 is 4.39 Å². The first-order chi connectivity index (χ1) is 21.2. The average Bonchev–Trinajstić information content (AvgIpc) is 3.15. The maximum Gasteiger partial charge on any atom is 0.494 e. The van der Waals surface area contributed by atoms with Gasteiger partial charge < -0.3 is 29.7 Å². The number of hydrogen-bond donors (Lipinski definition) is 2. The number of amides is 1. The molecule has 0 spiro atoms. The molecular formula is C32H44BF4N3O6. The Morgan fingerprint density at radius 3 is 2.24 bits per heavy atom. The highest BCUT2D eigenvalue weighted by Gasteiger charge is 2.52. The Morgan fingerprint density at radius 1 is 1.11 bits per heavy atom. The highest BCUT2D eigenvalue weighted by atomic mass is 19.4. The third-order valence-corrected chi connectivity index (χ3v) is 8.41. The smallest absolute Gasteiger partial charge is 0.466 e. The summed E-state index contributed by atoms with van der Waals surface area (Å²) in [5.41, 5.74) is 2.38. The monoisotopic (exact) mass is 653 g/mol. The van der Waals surface area contributed by atoms with Crippen LogP contribution in [0.15, 0.2) is 29.2 Å². The van der Waals surface area contributed by atoms with Gasteiger partial charge in [0.2, 0.25) is 5.91 Å². The summed E-state index contributed by atoms with van der Waals surface area (Å²) in [4.78, 5) is 39.8. The molecule has 254 valence electrons. The van der Waals surface area contributed by atoms with Crippen LogP contribution < -0.4 is 22.1 Å². The summed E-state index contributed by atoms with van der Waals surface area (Å²) >= 11 is 0. The Kier molecular flexibility index (Phi) is 11.5. The molecule has 1 aliphatic heterocycles. The number of hydrogen-bond acceptors (Lipinski definition) is 7. The predicted molar refractivity (Wildman–Crippen MR) is 166 cm³/mol. The molecule has 0 radical (unpaired) electrons. The molecule has 2 heterocycles. The Labute approximate surface area is 267 Å². The maximum atomic E-state index is 15.8. The molecule has 3 N–H and O–H groups in total. The standard InChI is InChI=1S/C32H44BF4N3O6/c1-9-44-27(42)16-24(22-14-21(13-19(4)28(22)34)33-45-30(5,6)31(7,8)46-33)39-29(43)25(12-18(2)3)40-17-20(10-11-38)23(15-26(40)41)32(35,36)37/h13-15,17-18,24-25H,9-12,16,38H2,1-8H3,(H,39,43). The SMILES string of the molecule is CCOC(=O)CC(NC(=O)C(CC(C)C)n1cc(CCN)c(C(F)(F)F)cc1=O)c1cc(B2OC(C)(C)C(C)(C)O2)cc(C)c1F. The van der Waals surface area contributed by atoms with E-state index in [1.807, 2.05) is 27.7 Å². The van der Waals surface area contributed by atoms with Crippen LogP contribution >= 0.6 is 0 Å². The summed E-state index contributed by atoms with van der Waals surface area (Å²) in [6.45, 7) is 14.1. The minimum atomic E-state index is -4.80. The molecule has 46 heavy (non-hydrogen) atoms. The van der Waals surface area contributed by atoms with Crippen LogP contribution in [0.1, 0.15) is 95.6 Å². The molecule has 1 fully saturated rings. The fraction of sp³-hybridized carbons (Fsp3) is 0.594. The minimum Gasteiger partial charge on any atom is -0.466 e. The molecule has 2 aromatic rings. The second-order valence-corrected chi connectivity index (χ2v) is 13.0. The lowest BCUT2D eigenvalue weighted by Crippen LogP contribution is -2.41. The highest BCUT2D eigenvalue weighted by Crippen LogP contribution is 2.37. The molecule has 3 rings (SSSR count). The van der Waals surface area contributed by atoms with E-state index in [4.69, 9.17) is 19.8 Å². The number of esters is 1. The van der Waals surface area contributed by atoms with E-state index in [-0.39, 0.29) is 48.6 Å². The van der Waals surface area contributed by atoms with Gasteiger partial charge in [0.05, 0.1) is 35.8 Å². The van der Waals surface area contributed by atoms with Crippen LogP contribution in [0, 0.1) is 18.7 Å². The summed E-state index contributed by atoms with van der Waals surface area (Å²) < 4.78 is 75.4. The normalized spacial score (nSPS) is 17.2. The molecule has 1 aromatic carbocycles. The number of nitrogens with one attached hydrogen (secondary N) is 1. The summed E-state index contributed by atoms with van der Waals surface area (Å²) in [7, 11) is -0.873. The third-order valence-electron chi connectivity index (χ3n) is 8.41.